The zero-order valence-corrected chi connectivity index (χ0v) is 11.1. The summed E-state index contributed by atoms with van der Waals surface area (Å²) in [5.74, 6) is 0.619. The summed E-state index contributed by atoms with van der Waals surface area (Å²) in [5, 5.41) is 11.2. The van der Waals surface area contributed by atoms with Crippen molar-refractivity contribution in [3.63, 3.8) is 0 Å². The van der Waals surface area contributed by atoms with Crippen LogP contribution in [0.2, 0.25) is 0 Å². The number of carbonyl (C=O) groups excluding carboxylic acids is 1. The summed E-state index contributed by atoms with van der Waals surface area (Å²) in [4.78, 5) is 15.0. The van der Waals surface area contributed by atoms with Gasteiger partial charge in [-0.3, -0.25) is 14.8 Å². The third-order valence-electron chi connectivity index (χ3n) is 5.47. The van der Waals surface area contributed by atoms with Crippen LogP contribution in [0.5, 0.6) is 0 Å². The minimum Gasteiger partial charge on any atom is -0.346 e. The molecule has 5 heteroatoms. The second-order valence-electron chi connectivity index (χ2n) is 6.33. The molecular formula is C15H16N4O. The lowest BCUT2D eigenvalue weighted by molar-refractivity contribution is 0.0904. The number of rotatable bonds is 2. The third kappa shape index (κ3) is 1.21. The maximum absolute atomic E-state index is 12.5. The maximum Gasteiger partial charge on any atom is 0.272 e. The molecular weight excluding hydrogens is 252 g/mol. The van der Waals surface area contributed by atoms with E-state index in [1.54, 1.807) is 0 Å². The summed E-state index contributed by atoms with van der Waals surface area (Å²) in [6.45, 7) is 2.26. The van der Waals surface area contributed by atoms with Crippen LogP contribution in [-0.4, -0.2) is 45.7 Å². The van der Waals surface area contributed by atoms with Gasteiger partial charge in [0.25, 0.3) is 5.91 Å². The first kappa shape index (κ1) is 10.9. The lowest BCUT2D eigenvalue weighted by atomic mass is 9.70. The molecule has 1 spiro atoms. The molecule has 1 amide bonds. The fraction of sp³-hybridized carbons (Fsp3) is 0.467. The number of nitrogens with one attached hydrogen (secondary N) is 2. The number of aromatic nitrogens is 2. The van der Waals surface area contributed by atoms with Gasteiger partial charge in [-0.15, -0.1) is 0 Å². The van der Waals surface area contributed by atoms with Gasteiger partial charge in [0.1, 0.15) is 0 Å². The normalized spacial score (nSPS) is 37.1. The number of carbonyl (C=O) groups is 1. The molecule has 2 saturated heterocycles. The number of nitrogens with zero attached hydrogens (tertiary/aromatic N) is 2. The number of benzene rings is 1. The smallest absolute Gasteiger partial charge is 0.272 e. The van der Waals surface area contributed by atoms with Crippen LogP contribution in [0.15, 0.2) is 24.3 Å². The Morgan fingerprint density at radius 3 is 3.15 bits per heavy atom. The Hall–Kier alpha value is -1.88. The van der Waals surface area contributed by atoms with Crippen LogP contribution in [0, 0.1) is 5.92 Å². The number of aromatic amines is 1. The monoisotopic (exact) mass is 268 g/mol. The average Bonchev–Trinajstić information content (AvgIpc) is 2.94. The highest BCUT2D eigenvalue weighted by Gasteiger charge is 2.69. The molecule has 0 bridgehead atoms. The molecule has 2 N–H and O–H groups in total. The average molecular weight is 268 g/mol. The van der Waals surface area contributed by atoms with E-state index in [0.717, 1.165) is 17.4 Å². The van der Waals surface area contributed by atoms with E-state index in [0.29, 0.717) is 23.2 Å². The van der Waals surface area contributed by atoms with E-state index in [2.05, 4.69) is 20.4 Å². The molecule has 1 aromatic carbocycles. The number of amides is 1. The SMILES string of the molecule is O=C(N[C@@H]1CN2CC23CCC13)c1n[nH]c2ccccc12. The van der Waals surface area contributed by atoms with Crippen LogP contribution in [-0.2, 0) is 0 Å². The molecule has 3 fully saturated rings. The summed E-state index contributed by atoms with van der Waals surface area (Å²) in [7, 11) is 0. The highest BCUT2D eigenvalue weighted by molar-refractivity contribution is 6.04. The fourth-order valence-corrected chi connectivity index (χ4v) is 4.23. The summed E-state index contributed by atoms with van der Waals surface area (Å²) in [6, 6.07) is 8.06. The molecule has 1 saturated carbocycles. The molecule has 3 aliphatic rings. The second-order valence-corrected chi connectivity index (χ2v) is 6.33. The van der Waals surface area contributed by atoms with E-state index in [1.165, 1.54) is 19.4 Å². The van der Waals surface area contributed by atoms with Crippen molar-refractivity contribution in [2.75, 3.05) is 13.1 Å². The Balaban J connectivity index is 1.41. The van der Waals surface area contributed by atoms with Gasteiger partial charge in [-0.1, -0.05) is 18.2 Å². The molecule has 2 aliphatic heterocycles. The van der Waals surface area contributed by atoms with Crippen molar-refractivity contribution in [1.82, 2.24) is 20.4 Å². The van der Waals surface area contributed by atoms with Gasteiger partial charge in [0, 0.05) is 36.0 Å². The van der Waals surface area contributed by atoms with Crippen LogP contribution >= 0.6 is 0 Å². The van der Waals surface area contributed by atoms with Gasteiger partial charge in [0.05, 0.1) is 5.52 Å². The minimum atomic E-state index is -0.0444. The molecule has 20 heavy (non-hydrogen) atoms. The molecule has 1 aliphatic carbocycles. The first-order chi connectivity index (χ1) is 9.78. The van der Waals surface area contributed by atoms with Crippen molar-refractivity contribution in [2.24, 2.45) is 5.92 Å². The largest absolute Gasteiger partial charge is 0.346 e. The van der Waals surface area contributed by atoms with Crippen molar-refractivity contribution in [1.29, 1.82) is 0 Å². The molecule has 5 nitrogen and oxygen atoms in total. The number of H-pyrrole nitrogens is 1. The van der Waals surface area contributed by atoms with Gasteiger partial charge in [-0.05, 0) is 18.9 Å². The van der Waals surface area contributed by atoms with E-state index in [-0.39, 0.29) is 5.91 Å². The predicted octanol–water partition coefficient (Wildman–Crippen LogP) is 1.14. The molecule has 5 rings (SSSR count). The van der Waals surface area contributed by atoms with Crippen LogP contribution in [0.4, 0.5) is 0 Å². The van der Waals surface area contributed by atoms with Crippen molar-refractivity contribution in [3.05, 3.63) is 30.0 Å². The first-order valence-electron chi connectivity index (χ1n) is 7.27. The summed E-state index contributed by atoms with van der Waals surface area (Å²) < 4.78 is 0. The molecule has 4 atom stereocenters. The molecule has 3 heterocycles. The molecule has 1 aromatic heterocycles. The van der Waals surface area contributed by atoms with E-state index < -0.39 is 0 Å². The van der Waals surface area contributed by atoms with Crippen LogP contribution in [0.25, 0.3) is 10.9 Å². The number of para-hydroxylation sites is 1. The maximum atomic E-state index is 12.5. The summed E-state index contributed by atoms with van der Waals surface area (Å²) >= 11 is 0. The fourth-order valence-electron chi connectivity index (χ4n) is 4.23. The van der Waals surface area contributed by atoms with Crippen LogP contribution in [0.1, 0.15) is 23.3 Å². The van der Waals surface area contributed by atoms with Gasteiger partial charge < -0.3 is 5.32 Å². The van der Waals surface area contributed by atoms with Crippen molar-refractivity contribution in [3.8, 4) is 0 Å². The van der Waals surface area contributed by atoms with Gasteiger partial charge >= 0.3 is 0 Å². The highest BCUT2D eigenvalue weighted by Crippen LogP contribution is 2.59. The quantitative estimate of drug-likeness (QED) is 0.803. The molecule has 0 radical (unpaired) electrons. The Morgan fingerprint density at radius 1 is 1.45 bits per heavy atom. The van der Waals surface area contributed by atoms with Crippen LogP contribution < -0.4 is 5.32 Å². The van der Waals surface area contributed by atoms with Gasteiger partial charge in [0.2, 0.25) is 0 Å². The van der Waals surface area contributed by atoms with Crippen molar-refractivity contribution >= 4 is 16.8 Å². The Labute approximate surface area is 116 Å². The second kappa shape index (κ2) is 3.41. The zero-order chi connectivity index (χ0) is 13.3. The minimum absolute atomic E-state index is 0.0444. The third-order valence-corrected chi connectivity index (χ3v) is 5.47. The predicted molar refractivity (Wildman–Crippen MR) is 74.4 cm³/mol. The van der Waals surface area contributed by atoms with Crippen molar-refractivity contribution in [2.45, 2.75) is 24.4 Å². The van der Waals surface area contributed by atoms with Crippen molar-refractivity contribution < 1.29 is 4.79 Å². The number of piperidine rings is 1. The highest BCUT2D eigenvalue weighted by atomic mass is 16.2. The van der Waals surface area contributed by atoms with Gasteiger partial charge in [-0.2, -0.15) is 5.10 Å². The summed E-state index contributed by atoms with van der Waals surface area (Å²) in [6.07, 6.45) is 2.57. The molecule has 102 valence electrons. The Bertz CT molecular complexity index is 719. The van der Waals surface area contributed by atoms with E-state index in [9.17, 15) is 4.79 Å². The van der Waals surface area contributed by atoms with Crippen LogP contribution in [0.3, 0.4) is 0 Å². The van der Waals surface area contributed by atoms with Gasteiger partial charge in [0.15, 0.2) is 5.69 Å². The number of fused-ring (bicyclic) bond motifs is 1. The number of hydrogen-bond acceptors (Lipinski definition) is 3. The lowest BCUT2D eigenvalue weighted by Gasteiger charge is -2.36. The Kier molecular flexibility index (Phi) is 1.85. The lowest BCUT2D eigenvalue weighted by Crippen LogP contribution is -2.48. The molecule has 3 unspecified atom stereocenters. The molecule has 2 aromatic rings. The Morgan fingerprint density at radius 2 is 2.35 bits per heavy atom. The topological polar surface area (TPSA) is 60.8 Å². The zero-order valence-electron chi connectivity index (χ0n) is 11.1. The van der Waals surface area contributed by atoms with E-state index in [1.807, 2.05) is 24.3 Å². The van der Waals surface area contributed by atoms with Gasteiger partial charge in [-0.25, -0.2) is 0 Å². The first-order valence-corrected chi connectivity index (χ1v) is 7.27. The van der Waals surface area contributed by atoms with E-state index in [4.69, 9.17) is 0 Å². The standard InChI is InChI=1S/C15H16N4O/c20-14(13-9-3-1-2-4-11(9)17-18-13)16-12-7-19-8-15(19)6-5-10(12)15/h1-4,10,12H,5-8H2,(H,16,20)(H,17,18)/t10?,12-,15?,19?/m1/s1. The number of hydrogen-bond donors (Lipinski definition) is 2. The summed E-state index contributed by atoms with van der Waals surface area (Å²) in [5.41, 5.74) is 1.91. The van der Waals surface area contributed by atoms with E-state index >= 15 is 0 Å².